The number of urea groups is 1. The van der Waals surface area contributed by atoms with Gasteiger partial charge < -0.3 is 19.7 Å². The number of benzene rings is 1. The van der Waals surface area contributed by atoms with Gasteiger partial charge in [-0.05, 0) is 26.0 Å². The van der Waals surface area contributed by atoms with Gasteiger partial charge >= 0.3 is 6.03 Å². The fraction of sp³-hybridized carbons (Fsp3) is 0.438. The molecule has 0 saturated carbocycles. The van der Waals surface area contributed by atoms with Crippen LogP contribution in [0.3, 0.4) is 0 Å². The summed E-state index contributed by atoms with van der Waals surface area (Å²) in [4.78, 5) is 14.1. The number of nitrogens with zero attached hydrogens (tertiary/aromatic N) is 1. The summed E-state index contributed by atoms with van der Waals surface area (Å²) in [6.07, 6.45) is 1.80. The summed E-state index contributed by atoms with van der Waals surface area (Å²) in [5.74, 6) is 0.705. The lowest BCUT2D eigenvalue weighted by Gasteiger charge is -2.35. The summed E-state index contributed by atoms with van der Waals surface area (Å²) >= 11 is 0. The minimum atomic E-state index is -0.113. The van der Waals surface area contributed by atoms with E-state index in [1.54, 1.807) is 17.0 Å². The number of morpholine rings is 1. The van der Waals surface area contributed by atoms with Crippen molar-refractivity contribution in [2.24, 2.45) is 0 Å². The molecule has 5 heteroatoms. The Labute approximate surface area is 125 Å². The summed E-state index contributed by atoms with van der Waals surface area (Å²) in [7, 11) is 0. The fourth-order valence-corrected chi connectivity index (χ4v) is 2.37. The number of hydrogen-bond acceptors (Lipinski definition) is 3. The van der Waals surface area contributed by atoms with Crippen molar-refractivity contribution in [3.8, 4) is 5.75 Å². The van der Waals surface area contributed by atoms with Gasteiger partial charge in [-0.2, -0.15) is 0 Å². The van der Waals surface area contributed by atoms with E-state index in [2.05, 4.69) is 11.9 Å². The van der Waals surface area contributed by atoms with Crippen LogP contribution in [0.4, 0.5) is 10.5 Å². The van der Waals surface area contributed by atoms with Gasteiger partial charge in [0.1, 0.15) is 12.4 Å². The Morgan fingerprint density at radius 1 is 1.48 bits per heavy atom. The Morgan fingerprint density at radius 2 is 2.19 bits per heavy atom. The normalized spacial score (nSPS) is 21.7. The Balaban J connectivity index is 1.97. The van der Waals surface area contributed by atoms with Gasteiger partial charge in [-0.25, -0.2) is 4.79 Å². The van der Waals surface area contributed by atoms with Gasteiger partial charge in [0.2, 0.25) is 0 Å². The van der Waals surface area contributed by atoms with E-state index in [0.717, 1.165) is 0 Å². The highest BCUT2D eigenvalue weighted by molar-refractivity contribution is 5.89. The minimum Gasteiger partial charge on any atom is -0.489 e. The second-order valence-corrected chi connectivity index (χ2v) is 5.22. The first-order chi connectivity index (χ1) is 10.1. The number of amides is 2. The molecule has 1 heterocycles. The lowest BCUT2D eigenvalue weighted by molar-refractivity contribution is -0.0530. The van der Waals surface area contributed by atoms with E-state index in [1.807, 2.05) is 32.0 Å². The van der Waals surface area contributed by atoms with Crippen molar-refractivity contribution in [2.45, 2.75) is 26.1 Å². The van der Waals surface area contributed by atoms with Crippen LogP contribution in [0.15, 0.2) is 36.9 Å². The molecule has 1 saturated heterocycles. The van der Waals surface area contributed by atoms with Gasteiger partial charge in [-0.3, -0.25) is 0 Å². The van der Waals surface area contributed by atoms with E-state index >= 15 is 0 Å². The van der Waals surface area contributed by atoms with Crippen LogP contribution in [-0.4, -0.2) is 42.8 Å². The van der Waals surface area contributed by atoms with Crippen LogP contribution in [0.1, 0.15) is 13.8 Å². The lowest BCUT2D eigenvalue weighted by Crippen LogP contribution is -2.49. The molecule has 2 rings (SSSR count). The first-order valence-electron chi connectivity index (χ1n) is 7.13. The van der Waals surface area contributed by atoms with Crippen molar-refractivity contribution in [3.05, 3.63) is 36.9 Å². The van der Waals surface area contributed by atoms with Crippen molar-refractivity contribution in [3.63, 3.8) is 0 Å². The molecule has 1 aliphatic heterocycles. The lowest BCUT2D eigenvalue weighted by atomic mass is 10.2. The molecular weight excluding hydrogens is 268 g/mol. The van der Waals surface area contributed by atoms with Gasteiger partial charge in [0.05, 0.1) is 12.2 Å². The predicted molar refractivity (Wildman–Crippen MR) is 82.7 cm³/mol. The van der Waals surface area contributed by atoms with Gasteiger partial charge in [-0.15, -0.1) is 0 Å². The molecule has 1 aromatic rings. The maximum absolute atomic E-state index is 12.3. The zero-order valence-corrected chi connectivity index (χ0v) is 12.5. The number of carbonyl (C=O) groups is 1. The van der Waals surface area contributed by atoms with Crippen LogP contribution in [0.2, 0.25) is 0 Å². The quantitative estimate of drug-likeness (QED) is 0.867. The van der Waals surface area contributed by atoms with E-state index < -0.39 is 0 Å². The molecule has 5 nitrogen and oxygen atoms in total. The Bertz CT molecular complexity index is 494. The highest BCUT2D eigenvalue weighted by atomic mass is 16.5. The molecule has 2 unspecified atom stereocenters. The second-order valence-electron chi connectivity index (χ2n) is 5.22. The van der Waals surface area contributed by atoms with Crippen molar-refractivity contribution < 1.29 is 14.3 Å². The Hall–Kier alpha value is -2.01. The average molecular weight is 290 g/mol. The summed E-state index contributed by atoms with van der Waals surface area (Å²) in [6.45, 7) is 9.19. The van der Waals surface area contributed by atoms with Crippen LogP contribution in [0.5, 0.6) is 5.75 Å². The van der Waals surface area contributed by atoms with Gasteiger partial charge in [0.25, 0.3) is 0 Å². The standard InChI is InChI=1S/C16H22N2O3/c1-4-8-20-15-7-5-6-14(9-15)17-16(19)18-10-12(2)21-13(3)11-18/h4-7,9,12-13H,1,8,10-11H2,2-3H3,(H,17,19). The van der Waals surface area contributed by atoms with Crippen molar-refractivity contribution in [1.82, 2.24) is 4.90 Å². The third-order valence-corrected chi connectivity index (χ3v) is 3.16. The molecule has 2 atom stereocenters. The molecular formula is C16H22N2O3. The highest BCUT2D eigenvalue weighted by Gasteiger charge is 2.25. The molecule has 1 N–H and O–H groups in total. The van der Waals surface area contributed by atoms with Crippen LogP contribution in [0, 0.1) is 0 Å². The average Bonchev–Trinajstić information content (AvgIpc) is 2.44. The molecule has 0 radical (unpaired) electrons. The maximum Gasteiger partial charge on any atom is 0.322 e. The smallest absolute Gasteiger partial charge is 0.322 e. The summed E-state index contributed by atoms with van der Waals surface area (Å²) in [6, 6.07) is 7.22. The number of hydrogen-bond donors (Lipinski definition) is 1. The van der Waals surface area contributed by atoms with Crippen molar-refractivity contribution in [1.29, 1.82) is 0 Å². The topological polar surface area (TPSA) is 50.8 Å². The highest BCUT2D eigenvalue weighted by Crippen LogP contribution is 2.19. The molecule has 2 amide bonds. The number of nitrogens with one attached hydrogen (secondary N) is 1. The first kappa shape index (κ1) is 15.4. The second kappa shape index (κ2) is 7.13. The monoisotopic (exact) mass is 290 g/mol. The first-order valence-corrected chi connectivity index (χ1v) is 7.13. The maximum atomic E-state index is 12.3. The van der Waals surface area contributed by atoms with E-state index in [4.69, 9.17) is 9.47 Å². The molecule has 0 spiro atoms. The largest absolute Gasteiger partial charge is 0.489 e. The Kier molecular flexibility index (Phi) is 5.22. The molecule has 1 aromatic carbocycles. The zero-order chi connectivity index (χ0) is 15.2. The summed E-state index contributed by atoms with van der Waals surface area (Å²) in [5.41, 5.74) is 0.716. The van der Waals surface area contributed by atoms with E-state index in [9.17, 15) is 4.79 Å². The minimum absolute atomic E-state index is 0.0572. The van der Waals surface area contributed by atoms with Gasteiger partial charge in [0, 0.05) is 24.8 Å². The third kappa shape index (κ3) is 4.49. The molecule has 0 aromatic heterocycles. The van der Waals surface area contributed by atoms with Crippen molar-refractivity contribution in [2.75, 3.05) is 25.0 Å². The molecule has 0 aliphatic carbocycles. The number of rotatable bonds is 4. The SMILES string of the molecule is C=CCOc1cccc(NC(=O)N2CC(C)OC(C)C2)c1. The van der Waals surface area contributed by atoms with Crippen LogP contribution in [0.25, 0.3) is 0 Å². The van der Waals surface area contributed by atoms with E-state index in [1.165, 1.54) is 0 Å². The molecule has 114 valence electrons. The van der Waals surface area contributed by atoms with E-state index in [0.29, 0.717) is 31.1 Å². The van der Waals surface area contributed by atoms with Gasteiger partial charge in [0.15, 0.2) is 0 Å². The molecule has 1 fully saturated rings. The van der Waals surface area contributed by atoms with Crippen LogP contribution >= 0.6 is 0 Å². The third-order valence-electron chi connectivity index (χ3n) is 3.16. The molecule has 0 bridgehead atoms. The fourth-order valence-electron chi connectivity index (χ4n) is 2.37. The number of anilines is 1. The van der Waals surface area contributed by atoms with Crippen molar-refractivity contribution >= 4 is 11.7 Å². The van der Waals surface area contributed by atoms with Crippen LogP contribution in [-0.2, 0) is 4.74 Å². The molecule has 1 aliphatic rings. The van der Waals surface area contributed by atoms with Crippen LogP contribution < -0.4 is 10.1 Å². The number of ether oxygens (including phenoxy) is 2. The Morgan fingerprint density at radius 3 is 2.86 bits per heavy atom. The summed E-state index contributed by atoms with van der Waals surface area (Å²) < 4.78 is 11.1. The van der Waals surface area contributed by atoms with E-state index in [-0.39, 0.29) is 18.2 Å². The van der Waals surface area contributed by atoms with Gasteiger partial charge in [-0.1, -0.05) is 18.7 Å². The zero-order valence-electron chi connectivity index (χ0n) is 12.5. The number of carbonyl (C=O) groups excluding carboxylic acids is 1. The summed E-state index contributed by atoms with van der Waals surface area (Å²) in [5, 5.41) is 2.90. The predicted octanol–water partition coefficient (Wildman–Crippen LogP) is 2.89. The molecule has 21 heavy (non-hydrogen) atoms.